The molecule has 0 aromatic heterocycles. The van der Waals surface area contributed by atoms with Crippen LogP contribution >= 0.6 is 8.03 Å². The van der Waals surface area contributed by atoms with E-state index in [2.05, 4.69) is 0 Å². The van der Waals surface area contributed by atoms with Gasteiger partial charge in [0.15, 0.2) is 0 Å². The molecule has 0 N–H and O–H groups in total. The van der Waals surface area contributed by atoms with Gasteiger partial charge in [0.2, 0.25) is 0 Å². The molecule has 0 heterocycles. The molecule has 44 valence electrons. The quantitative estimate of drug-likeness (QED) is 0.320. The third-order valence-electron chi connectivity index (χ3n) is 0.515. The van der Waals surface area contributed by atoms with Gasteiger partial charge in [0.1, 0.15) is 0 Å². The van der Waals surface area contributed by atoms with Crippen LogP contribution in [0.5, 0.6) is 0 Å². The summed E-state index contributed by atoms with van der Waals surface area (Å²) < 4.78 is 20.8. The Morgan fingerprint density at radius 1 is 1.62 bits per heavy atom. The van der Waals surface area contributed by atoms with Crippen molar-refractivity contribution in [2.75, 3.05) is 12.8 Å². The van der Waals surface area contributed by atoms with Crippen LogP contribution in [-0.4, -0.2) is 12.8 Å². The van der Waals surface area contributed by atoms with Crippen LogP contribution in [0.1, 0.15) is 6.42 Å². The summed E-state index contributed by atoms with van der Waals surface area (Å²) in [4.78, 5) is 9.67. The fourth-order valence-electron chi connectivity index (χ4n) is 0.211. The summed E-state index contributed by atoms with van der Waals surface area (Å²) in [5.41, 5.74) is 0. The molecule has 0 spiro atoms. The monoisotopic (exact) mass is 148 g/mol. The third kappa shape index (κ3) is 10.2. The van der Waals surface area contributed by atoms with E-state index in [9.17, 15) is 13.8 Å². The van der Waals surface area contributed by atoms with Gasteiger partial charge in [-0.15, -0.1) is 0 Å². The fourth-order valence-corrected chi connectivity index (χ4v) is 0.633. The summed E-state index contributed by atoms with van der Waals surface area (Å²) in [5, 5.41) is 0. The third-order valence-corrected chi connectivity index (χ3v) is 1.28. The predicted octanol–water partition coefficient (Wildman–Crippen LogP) is -2.81. The minimum absolute atomic E-state index is 0. The minimum atomic E-state index is -2.64. The molecular weight excluding hydrogens is 141 g/mol. The normalized spacial score (nSPS) is 12.2. The first-order chi connectivity index (χ1) is 3.27. The Hall–Kier alpha value is 1.12. The van der Waals surface area contributed by atoms with E-state index in [4.69, 9.17) is 0 Å². The van der Waals surface area contributed by atoms with Gasteiger partial charge in [0.05, 0.1) is 6.67 Å². The van der Waals surface area contributed by atoms with Crippen molar-refractivity contribution in [3.8, 4) is 0 Å². The number of hydrogen-bond acceptors (Lipinski definition) is 2. The SMILES string of the molecule is O=[PH]([O-])CCCF.[Na+]. The number of alkyl halides is 1. The molecule has 0 aliphatic carbocycles. The van der Waals surface area contributed by atoms with Crippen molar-refractivity contribution in [2.24, 2.45) is 0 Å². The molecule has 0 radical (unpaired) electrons. The second-order valence-electron chi connectivity index (χ2n) is 1.16. The van der Waals surface area contributed by atoms with E-state index < -0.39 is 14.7 Å². The summed E-state index contributed by atoms with van der Waals surface area (Å²) in [6.45, 7) is -0.529. The van der Waals surface area contributed by atoms with Gasteiger partial charge in [0.25, 0.3) is 0 Å². The molecule has 1 atom stereocenters. The maximum atomic E-state index is 11.1. The minimum Gasteiger partial charge on any atom is -0.802 e. The van der Waals surface area contributed by atoms with Gasteiger partial charge in [-0.1, -0.05) is 0 Å². The zero-order chi connectivity index (χ0) is 5.70. The maximum Gasteiger partial charge on any atom is 1.00 e. The van der Waals surface area contributed by atoms with Crippen LogP contribution in [0, 0.1) is 0 Å². The number of halogens is 1. The predicted molar refractivity (Wildman–Crippen MR) is 24.5 cm³/mol. The van der Waals surface area contributed by atoms with Crippen LogP contribution < -0.4 is 34.5 Å². The Bertz CT molecular complexity index is 70.3. The summed E-state index contributed by atoms with van der Waals surface area (Å²) in [7, 11) is -2.64. The molecule has 0 bridgehead atoms. The molecular formula is C3H7FNaO2P. The average molecular weight is 148 g/mol. The molecule has 0 rings (SSSR count). The van der Waals surface area contributed by atoms with Crippen molar-refractivity contribution in [2.45, 2.75) is 6.42 Å². The van der Waals surface area contributed by atoms with E-state index in [0.29, 0.717) is 0 Å². The van der Waals surface area contributed by atoms with Crippen molar-refractivity contribution in [3.63, 3.8) is 0 Å². The first-order valence-corrected chi connectivity index (χ1v) is 3.55. The molecule has 8 heavy (non-hydrogen) atoms. The van der Waals surface area contributed by atoms with E-state index in [0.717, 1.165) is 0 Å². The summed E-state index contributed by atoms with van der Waals surface area (Å²) in [6, 6.07) is 0. The van der Waals surface area contributed by atoms with Gasteiger partial charge in [-0.3, -0.25) is 4.39 Å². The molecule has 0 fully saturated rings. The first kappa shape index (κ1) is 11.9. The van der Waals surface area contributed by atoms with E-state index in [1.807, 2.05) is 0 Å². The van der Waals surface area contributed by atoms with Crippen molar-refractivity contribution in [1.82, 2.24) is 0 Å². The van der Waals surface area contributed by atoms with Gasteiger partial charge >= 0.3 is 29.6 Å². The van der Waals surface area contributed by atoms with Crippen LogP contribution in [0.2, 0.25) is 0 Å². The molecule has 0 amide bonds. The Balaban J connectivity index is 0. The number of hydrogen-bond donors (Lipinski definition) is 0. The zero-order valence-corrected chi connectivity index (χ0v) is 7.82. The van der Waals surface area contributed by atoms with E-state index >= 15 is 0 Å². The van der Waals surface area contributed by atoms with Crippen LogP contribution in [-0.2, 0) is 4.57 Å². The standard InChI is InChI=1S/C3H8FO2P.Na/c4-2-1-3-7(5)6;/h7H,1-3H2,(H,5,6);/q;+1/p-1. The topological polar surface area (TPSA) is 40.1 Å². The smallest absolute Gasteiger partial charge is 0.802 e. The van der Waals surface area contributed by atoms with Crippen LogP contribution in [0.3, 0.4) is 0 Å². The molecule has 0 saturated heterocycles. The van der Waals surface area contributed by atoms with Crippen molar-refractivity contribution in [3.05, 3.63) is 0 Å². The Morgan fingerprint density at radius 3 is 2.25 bits per heavy atom. The second kappa shape index (κ2) is 8.12. The summed E-state index contributed by atoms with van der Waals surface area (Å²) in [5.74, 6) is 0. The van der Waals surface area contributed by atoms with Crippen molar-refractivity contribution >= 4 is 8.03 Å². The van der Waals surface area contributed by atoms with Crippen molar-refractivity contribution < 1.29 is 43.4 Å². The van der Waals surface area contributed by atoms with E-state index in [1.165, 1.54) is 0 Å². The first-order valence-electron chi connectivity index (χ1n) is 2.03. The van der Waals surface area contributed by atoms with Crippen LogP contribution in [0.4, 0.5) is 4.39 Å². The molecule has 0 aromatic rings. The number of rotatable bonds is 3. The van der Waals surface area contributed by atoms with Crippen molar-refractivity contribution in [1.29, 1.82) is 0 Å². The Morgan fingerprint density at radius 2 is 2.12 bits per heavy atom. The van der Waals surface area contributed by atoms with Gasteiger partial charge in [0, 0.05) is 8.03 Å². The summed E-state index contributed by atoms with van der Waals surface area (Å²) in [6.07, 6.45) is 0.169. The average Bonchev–Trinajstić information content (AvgIpc) is 1.61. The van der Waals surface area contributed by atoms with Gasteiger partial charge in [-0.2, -0.15) is 0 Å². The molecule has 2 nitrogen and oxygen atoms in total. The largest absolute Gasteiger partial charge is 1.00 e. The molecule has 0 aliphatic heterocycles. The molecule has 0 saturated carbocycles. The fraction of sp³-hybridized carbons (Fsp3) is 1.00. The molecule has 5 heteroatoms. The molecule has 1 unspecified atom stereocenters. The summed E-state index contributed by atoms with van der Waals surface area (Å²) >= 11 is 0. The zero-order valence-electron chi connectivity index (χ0n) is 4.82. The Labute approximate surface area is 70.6 Å². The van der Waals surface area contributed by atoms with E-state index in [1.54, 1.807) is 0 Å². The van der Waals surface area contributed by atoms with Gasteiger partial charge in [-0.25, -0.2) is 0 Å². The van der Waals surface area contributed by atoms with Crippen LogP contribution in [0.25, 0.3) is 0 Å². The second-order valence-corrected chi connectivity index (χ2v) is 2.41. The molecule has 0 aliphatic rings. The van der Waals surface area contributed by atoms with E-state index in [-0.39, 0.29) is 42.1 Å². The van der Waals surface area contributed by atoms with Gasteiger partial charge in [-0.05, 0) is 12.6 Å². The van der Waals surface area contributed by atoms with Crippen LogP contribution in [0.15, 0.2) is 0 Å². The molecule has 0 aromatic carbocycles. The van der Waals surface area contributed by atoms with Gasteiger partial charge < -0.3 is 9.46 Å². The maximum absolute atomic E-state index is 11.1. The Kier molecular flexibility index (Phi) is 12.0.